The van der Waals surface area contributed by atoms with E-state index in [1.165, 1.54) is 103 Å². The molecule has 0 rings (SSSR count). The zero-order valence-corrected chi connectivity index (χ0v) is 30.7. The molecule has 1 atom stereocenters. The number of esters is 2. The molecule has 44 heavy (non-hydrogen) atoms. The van der Waals surface area contributed by atoms with E-state index in [1.807, 2.05) is 14.1 Å². The largest absolute Gasteiger partial charge is 0.465 e. The van der Waals surface area contributed by atoms with Crippen molar-refractivity contribution in [1.29, 1.82) is 0 Å². The minimum Gasteiger partial charge on any atom is -0.465 e. The molecule has 0 aliphatic carbocycles. The van der Waals surface area contributed by atoms with E-state index in [9.17, 15) is 9.59 Å². The predicted octanol–water partition coefficient (Wildman–Crippen LogP) is 11.6. The third-order valence-electron chi connectivity index (χ3n) is 9.29. The monoisotopic (exact) mass is 624 g/mol. The van der Waals surface area contributed by atoms with Crippen molar-refractivity contribution in [3.8, 4) is 0 Å². The summed E-state index contributed by atoms with van der Waals surface area (Å²) in [5.74, 6) is -0.0332. The summed E-state index contributed by atoms with van der Waals surface area (Å²) in [4.78, 5) is 27.3. The minimum atomic E-state index is -0.0333. The lowest BCUT2D eigenvalue weighted by molar-refractivity contribution is -0.150. The smallest absolute Gasteiger partial charge is 0.306 e. The molecule has 0 N–H and O–H groups in total. The van der Waals surface area contributed by atoms with E-state index in [1.54, 1.807) is 0 Å². The molecule has 0 fully saturated rings. The molecule has 0 saturated heterocycles. The van der Waals surface area contributed by atoms with E-state index in [0.717, 1.165) is 64.3 Å². The van der Waals surface area contributed by atoms with Crippen LogP contribution < -0.4 is 0 Å². The van der Waals surface area contributed by atoms with Gasteiger partial charge in [-0.3, -0.25) is 9.59 Å². The summed E-state index contributed by atoms with van der Waals surface area (Å²) in [6.45, 7) is 10.6. The Morgan fingerprint density at radius 2 is 0.977 bits per heavy atom. The summed E-state index contributed by atoms with van der Waals surface area (Å²) in [7, 11) is 4.08. The Kier molecular flexibility index (Phi) is 29.8. The van der Waals surface area contributed by atoms with Crippen molar-refractivity contribution in [2.24, 2.45) is 5.41 Å². The van der Waals surface area contributed by atoms with Gasteiger partial charge in [0.25, 0.3) is 0 Å². The van der Waals surface area contributed by atoms with Gasteiger partial charge in [-0.25, -0.2) is 0 Å². The number of carbonyl (C=O) groups excluding carboxylic acids is 2. The van der Waals surface area contributed by atoms with Gasteiger partial charge in [0, 0.05) is 18.3 Å². The number of hydrogen-bond donors (Lipinski definition) is 0. The van der Waals surface area contributed by atoms with Gasteiger partial charge >= 0.3 is 11.9 Å². The maximum Gasteiger partial charge on any atom is 0.306 e. The van der Waals surface area contributed by atoms with E-state index < -0.39 is 0 Å². The van der Waals surface area contributed by atoms with E-state index >= 15 is 0 Å². The lowest BCUT2D eigenvalue weighted by Gasteiger charge is -2.34. The topological polar surface area (TPSA) is 55.8 Å². The highest BCUT2D eigenvalue weighted by atomic mass is 16.5. The second kappa shape index (κ2) is 30.5. The molecule has 0 spiro atoms. The Bertz CT molecular complexity index is 624. The Balaban J connectivity index is 4.54. The SMILES string of the molecule is CCCCCCCC(CCCCCCCC(=O)OCC(CCCCC)(CCCCC)CCCCC)OC(=O)CCCN(C)C. The molecule has 5 heteroatoms. The molecule has 0 aromatic rings. The van der Waals surface area contributed by atoms with E-state index in [0.29, 0.717) is 19.4 Å². The fraction of sp³-hybridized carbons (Fsp3) is 0.949. The first-order valence-corrected chi connectivity index (χ1v) is 19.3. The van der Waals surface area contributed by atoms with Crippen molar-refractivity contribution in [3.05, 3.63) is 0 Å². The van der Waals surface area contributed by atoms with E-state index in [2.05, 4.69) is 32.6 Å². The first-order chi connectivity index (χ1) is 21.3. The highest BCUT2D eigenvalue weighted by molar-refractivity contribution is 5.69. The summed E-state index contributed by atoms with van der Waals surface area (Å²) in [5.41, 5.74) is 0.178. The van der Waals surface area contributed by atoms with Crippen LogP contribution >= 0.6 is 0 Å². The second-order valence-electron chi connectivity index (χ2n) is 14.1. The average molecular weight is 624 g/mol. The molecule has 5 nitrogen and oxygen atoms in total. The molecule has 0 aromatic heterocycles. The maximum atomic E-state index is 12.8. The van der Waals surface area contributed by atoms with Crippen LogP contribution in [0.4, 0.5) is 0 Å². The van der Waals surface area contributed by atoms with Crippen molar-refractivity contribution in [1.82, 2.24) is 4.90 Å². The highest BCUT2D eigenvalue weighted by Crippen LogP contribution is 2.38. The third-order valence-corrected chi connectivity index (χ3v) is 9.29. The number of hydrogen-bond acceptors (Lipinski definition) is 5. The molecule has 1 unspecified atom stereocenters. The summed E-state index contributed by atoms with van der Waals surface area (Å²) >= 11 is 0. The fourth-order valence-electron chi connectivity index (χ4n) is 6.34. The van der Waals surface area contributed by atoms with Gasteiger partial charge in [-0.05, 0) is 78.4 Å². The van der Waals surface area contributed by atoms with Crippen molar-refractivity contribution in [2.75, 3.05) is 27.2 Å². The first-order valence-electron chi connectivity index (χ1n) is 19.3. The van der Waals surface area contributed by atoms with Gasteiger partial charge in [-0.1, -0.05) is 130 Å². The van der Waals surface area contributed by atoms with Gasteiger partial charge < -0.3 is 14.4 Å². The van der Waals surface area contributed by atoms with Crippen molar-refractivity contribution >= 4 is 11.9 Å². The molecular formula is C39H77NO4. The molecule has 0 aliphatic rings. The van der Waals surface area contributed by atoms with Crippen LogP contribution in [0.2, 0.25) is 0 Å². The third kappa shape index (κ3) is 26.1. The van der Waals surface area contributed by atoms with Gasteiger partial charge in [-0.2, -0.15) is 0 Å². The van der Waals surface area contributed by atoms with Crippen LogP contribution in [0.5, 0.6) is 0 Å². The second-order valence-corrected chi connectivity index (χ2v) is 14.1. The van der Waals surface area contributed by atoms with Crippen LogP contribution in [-0.4, -0.2) is 50.2 Å². The van der Waals surface area contributed by atoms with Gasteiger partial charge in [-0.15, -0.1) is 0 Å². The highest BCUT2D eigenvalue weighted by Gasteiger charge is 2.30. The lowest BCUT2D eigenvalue weighted by atomic mass is 9.74. The van der Waals surface area contributed by atoms with Crippen molar-refractivity contribution in [3.63, 3.8) is 0 Å². The summed E-state index contributed by atoms with van der Waals surface area (Å²) in [6.07, 6.45) is 30.3. The van der Waals surface area contributed by atoms with Gasteiger partial charge in [0.1, 0.15) is 6.10 Å². The normalized spacial score (nSPS) is 12.5. The molecular weight excluding hydrogens is 546 g/mol. The van der Waals surface area contributed by atoms with Crippen LogP contribution in [-0.2, 0) is 19.1 Å². The van der Waals surface area contributed by atoms with Gasteiger partial charge in [0.15, 0.2) is 0 Å². The summed E-state index contributed by atoms with van der Waals surface area (Å²) in [6, 6.07) is 0. The molecule has 0 radical (unpaired) electrons. The predicted molar refractivity (Wildman–Crippen MR) is 189 cm³/mol. The number of ether oxygens (including phenoxy) is 2. The molecule has 0 aliphatic heterocycles. The Labute approximate surface area is 275 Å². The zero-order valence-electron chi connectivity index (χ0n) is 30.7. The Hall–Kier alpha value is -1.10. The number of carbonyl (C=O) groups is 2. The molecule has 0 saturated carbocycles. The number of rotatable bonds is 33. The quantitative estimate of drug-likeness (QED) is 0.0537. The molecule has 0 bridgehead atoms. The standard InChI is InChI=1S/C39H77NO4/c1-7-11-15-17-20-27-36(44-38(42)30-26-34-40(5)6)28-21-18-16-19-22-29-37(41)43-35-39(31-23-12-8-2,32-24-13-9-3)33-25-14-10-4/h36H,7-35H2,1-6H3. The average Bonchev–Trinajstić information content (AvgIpc) is 2.99. The van der Waals surface area contributed by atoms with Gasteiger partial charge in [0.05, 0.1) is 6.61 Å². The van der Waals surface area contributed by atoms with Crippen LogP contribution in [0, 0.1) is 5.41 Å². The van der Waals surface area contributed by atoms with E-state index in [4.69, 9.17) is 9.47 Å². The Morgan fingerprint density at radius 1 is 0.545 bits per heavy atom. The minimum absolute atomic E-state index is 0.000153. The van der Waals surface area contributed by atoms with Crippen LogP contribution in [0.15, 0.2) is 0 Å². The fourth-order valence-corrected chi connectivity index (χ4v) is 6.34. The van der Waals surface area contributed by atoms with Crippen LogP contribution in [0.1, 0.15) is 201 Å². The van der Waals surface area contributed by atoms with E-state index in [-0.39, 0.29) is 23.5 Å². The Morgan fingerprint density at radius 3 is 1.48 bits per heavy atom. The number of unbranched alkanes of at least 4 members (excludes halogenated alkanes) is 14. The molecule has 0 amide bonds. The first kappa shape index (κ1) is 42.9. The molecule has 262 valence electrons. The molecule has 0 heterocycles. The lowest BCUT2D eigenvalue weighted by Crippen LogP contribution is -2.29. The van der Waals surface area contributed by atoms with Gasteiger partial charge in [0.2, 0.25) is 0 Å². The molecule has 0 aromatic carbocycles. The van der Waals surface area contributed by atoms with Crippen LogP contribution in [0.3, 0.4) is 0 Å². The summed E-state index contributed by atoms with van der Waals surface area (Å²) in [5, 5.41) is 0. The van der Waals surface area contributed by atoms with Crippen molar-refractivity contribution < 1.29 is 19.1 Å². The zero-order chi connectivity index (χ0) is 32.7. The number of nitrogens with zero attached hydrogens (tertiary/aromatic N) is 1. The van der Waals surface area contributed by atoms with Crippen molar-refractivity contribution in [2.45, 2.75) is 207 Å². The van der Waals surface area contributed by atoms with Crippen LogP contribution in [0.25, 0.3) is 0 Å². The summed E-state index contributed by atoms with van der Waals surface area (Å²) < 4.78 is 11.9. The maximum absolute atomic E-state index is 12.8.